The quantitative estimate of drug-likeness (QED) is 0.696. The van der Waals surface area contributed by atoms with E-state index in [1.54, 1.807) is 0 Å². The highest BCUT2D eigenvalue weighted by Gasteiger charge is 2.57. The molecule has 1 heteroatoms. The smallest absolute Gasteiger partial charge is 0.0471 e. The molecule has 0 bridgehead atoms. The summed E-state index contributed by atoms with van der Waals surface area (Å²) in [7, 11) is 0. The average molecular weight is 224 g/mol. The van der Waals surface area contributed by atoms with Gasteiger partial charge in [-0.15, -0.1) is 0 Å². The van der Waals surface area contributed by atoms with Gasteiger partial charge in [0.05, 0.1) is 0 Å². The van der Waals surface area contributed by atoms with Crippen LogP contribution in [0.2, 0.25) is 0 Å². The predicted octanol–water partition coefficient (Wildman–Crippen LogP) is 4.27. The van der Waals surface area contributed by atoms with Crippen molar-refractivity contribution in [3.63, 3.8) is 0 Å². The van der Waals surface area contributed by atoms with Crippen molar-refractivity contribution in [2.75, 3.05) is 13.2 Å². The van der Waals surface area contributed by atoms with E-state index in [1.807, 2.05) is 0 Å². The average Bonchev–Trinajstić information content (AvgIpc) is 2.25. The fraction of sp³-hybridized carbons (Fsp3) is 1.00. The molecule has 0 aromatic carbocycles. The summed E-state index contributed by atoms with van der Waals surface area (Å²) in [6, 6.07) is 0. The molecule has 0 N–H and O–H groups in total. The fourth-order valence-corrected chi connectivity index (χ4v) is 4.23. The molecule has 2 fully saturated rings. The summed E-state index contributed by atoms with van der Waals surface area (Å²) in [6.45, 7) is 11.7. The molecule has 1 nitrogen and oxygen atoms in total. The first-order valence-electron chi connectivity index (χ1n) is 7.12. The SMILES string of the molecule is CCC(C)C1(C(C)C)CC2(CCOCC2)C1. The van der Waals surface area contributed by atoms with Crippen LogP contribution in [0, 0.1) is 22.7 Å². The molecular weight excluding hydrogens is 196 g/mol. The highest BCUT2D eigenvalue weighted by atomic mass is 16.5. The molecule has 0 aromatic heterocycles. The van der Waals surface area contributed by atoms with Crippen LogP contribution in [0.25, 0.3) is 0 Å². The first kappa shape index (κ1) is 12.4. The number of rotatable bonds is 3. The van der Waals surface area contributed by atoms with E-state index >= 15 is 0 Å². The van der Waals surface area contributed by atoms with E-state index in [0.717, 1.165) is 25.0 Å². The van der Waals surface area contributed by atoms with Gasteiger partial charge in [0.15, 0.2) is 0 Å². The summed E-state index contributed by atoms with van der Waals surface area (Å²) < 4.78 is 5.52. The lowest BCUT2D eigenvalue weighted by molar-refractivity contribution is -0.154. The van der Waals surface area contributed by atoms with Crippen LogP contribution in [-0.4, -0.2) is 13.2 Å². The first-order chi connectivity index (χ1) is 7.55. The van der Waals surface area contributed by atoms with E-state index in [2.05, 4.69) is 27.7 Å². The summed E-state index contributed by atoms with van der Waals surface area (Å²) in [4.78, 5) is 0. The van der Waals surface area contributed by atoms with Gasteiger partial charge in [-0.25, -0.2) is 0 Å². The van der Waals surface area contributed by atoms with Crippen LogP contribution < -0.4 is 0 Å². The second kappa shape index (κ2) is 4.33. The molecule has 94 valence electrons. The second-order valence-corrected chi connectivity index (χ2v) is 6.66. The summed E-state index contributed by atoms with van der Waals surface area (Å²) >= 11 is 0. The van der Waals surface area contributed by atoms with Crippen LogP contribution in [0.4, 0.5) is 0 Å². The third-order valence-electron chi connectivity index (χ3n) is 5.71. The van der Waals surface area contributed by atoms with Crippen LogP contribution in [0.1, 0.15) is 59.8 Å². The zero-order valence-corrected chi connectivity index (χ0v) is 11.5. The van der Waals surface area contributed by atoms with Crippen LogP contribution in [0.15, 0.2) is 0 Å². The van der Waals surface area contributed by atoms with Gasteiger partial charge in [0.1, 0.15) is 0 Å². The molecular formula is C15H28O. The van der Waals surface area contributed by atoms with Gasteiger partial charge in [-0.2, -0.15) is 0 Å². The third-order valence-corrected chi connectivity index (χ3v) is 5.71. The Balaban J connectivity index is 2.05. The lowest BCUT2D eigenvalue weighted by atomic mass is 9.43. The standard InChI is InChI=1S/C15H28O/c1-5-13(4)15(12(2)3)10-14(11-15)6-8-16-9-7-14/h12-13H,5-11H2,1-4H3. The van der Waals surface area contributed by atoms with Gasteiger partial charge in [-0.05, 0) is 48.3 Å². The molecule has 0 amide bonds. The Bertz CT molecular complexity index is 230. The van der Waals surface area contributed by atoms with Crippen molar-refractivity contribution in [2.45, 2.75) is 59.8 Å². The van der Waals surface area contributed by atoms with Crippen molar-refractivity contribution >= 4 is 0 Å². The molecule has 1 spiro atoms. The Kier molecular flexibility index (Phi) is 3.36. The highest BCUT2D eigenvalue weighted by molar-refractivity contribution is 5.06. The van der Waals surface area contributed by atoms with Crippen LogP contribution >= 0.6 is 0 Å². The normalized spacial score (nSPS) is 29.1. The van der Waals surface area contributed by atoms with E-state index in [0.29, 0.717) is 10.8 Å². The minimum absolute atomic E-state index is 0.645. The zero-order valence-electron chi connectivity index (χ0n) is 11.5. The lowest BCUT2D eigenvalue weighted by Gasteiger charge is -2.63. The topological polar surface area (TPSA) is 9.23 Å². The minimum atomic E-state index is 0.645. The lowest BCUT2D eigenvalue weighted by Crippen LogP contribution is -2.54. The highest BCUT2D eigenvalue weighted by Crippen LogP contribution is 2.65. The summed E-state index contributed by atoms with van der Waals surface area (Å²) in [5.41, 5.74) is 1.32. The predicted molar refractivity (Wildman–Crippen MR) is 68.4 cm³/mol. The number of ether oxygens (including phenoxy) is 1. The van der Waals surface area contributed by atoms with E-state index in [4.69, 9.17) is 4.74 Å². The number of hydrogen-bond acceptors (Lipinski definition) is 1. The van der Waals surface area contributed by atoms with Crippen molar-refractivity contribution in [3.05, 3.63) is 0 Å². The van der Waals surface area contributed by atoms with E-state index in [9.17, 15) is 0 Å². The van der Waals surface area contributed by atoms with Gasteiger partial charge in [-0.1, -0.05) is 34.1 Å². The first-order valence-corrected chi connectivity index (χ1v) is 7.12. The van der Waals surface area contributed by atoms with Crippen LogP contribution in [0.5, 0.6) is 0 Å². The van der Waals surface area contributed by atoms with E-state index < -0.39 is 0 Å². The molecule has 2 rings (SSSR count). The summed E-state index contributed by atoms with van der Waals surface area (Å²) in [5.74, 6) is 1.73. The number of hydrogen-bond donors (Lipinski definition) is 0. The summed E-state index contributed by atoms with van der Waals surface area (Å²) in [6.07, 6.45) is 6.91. The van der Waals surface area contributed by atoms with E-state index in [1.165, 1.54) is 32.1 Å². The van der Waals surface area contributed by atoms with Gasteiger partial charge in [0, 0.05) is 13.2 Å². The molecule has 0 radical (unpaired) electrons. The fourth-order valence-electron chi connectivity index (χ4n) is 4.23. The molecule has 1 unspecified atom stereocenters. The largest absolute Gasteiger partial charge is 0.381 e. The third kappa shape index (κ3) is 1.81. The molecule has 16 heavy (non-hydrogen) atoms. The Labute approximate surface area is 101 Å². The maximum atomic E-state index is 5.52. The monoisotopic (exact) mass is 224 g/mol. The maximum absolute atomic E-state index is 5.52. The van der Waals surface area contributed by atoms with Crippen molar-refractivity contribution in [3.8, 4) is 0 Å². The molecule has 1 atom stereocenters. The van der Waals surface area contributed by atoms with Crippen LogP contribution in [0.3, 0.4) is 0 Å². The molecule has 1 saturated carbocycles. The minimum Gasteiger partial charge on any atom is -0.381 e. The molecule has 1 aliphatic carbocycles. The molecule has 1 saturated heterocycles. The van der Waals surface area contributed by atoms with Gasteiger partial charge in [-0.3, -0.25) is 0 Å². The van der Waals surface area contributed by atoms with Gasteiger partial charge in [0.25, 0.3) is 0 Å². The molecule has 2 aliphatic rings. The Morgan fingerprint density at radius 3 is 2.06 bits per heavy atom. The van der Waals surface area contributed by atoms with Crippen molar-refractivity contribution in [1.29, 1.82) is 0 Å². The van der Waals surface area contributed by atoms with Crippen molar-refractivity contribution < 1.29 is 4.74 Å². The Morgan fingerprint density at radius 2 is 1.62 bits per heavy atom. The molecule has 0 aromatic rings. The zero-order chi connectivity index (χ0) is 11.8. The maximum Gasteiger partial charge on any atom is 0.0471 e. The Hall–Kier alpha value is -0.0400. The van der Waals surface area contributed by atoms with E-state index in [-0.39, 0.29) is 0 Å². The van der Waals surface area contributed by atoms with Gasteiger partial charge in [0.2, 0.25) is 0 Å². The second-order valence-electron chi connectivity index (χ2n) is 6.66. The Morgan fingerprint density at radius 1 is 1.06 bits per heavy atom. The van der Waals surface area contributed by atoms with Gasteiger partial charge < -0.3 is 4.74 Å². The molecule has 1 aliphatic heterocycles. The van der Waals surface area contributed by atoms with Crippen molar-refractivity contribution in [1.82, 2.24) is 0 Å². The van der Waals surface area contributed by atoms with Gasteiger partial charge >= 0.3 is 0 Å². The van der Waals surface area contributed by atoms with Crippen molar-refractivity contribution in [2.24, 2.45) is 22.7 Å². The molecule has 1 heterocycles. The van der Waals surface area contributed by atoms with Crippen LogP contribution in [-0.2, 0) is 4.74 Å². The summed E-state index contributed by atoms with van der Waals surface area (Å²) in [5, 5.41) is 0.